The van der Waals surface area contributed by atoms with Crippen molar-refractivity contribution in [3.8, 4) is 6.07 Å². The fourth-order valence-electron chi connectivity index (χ4n) is 2.10. The number of aliphatic carboxylic acids is 1. The van der Waals surface area contributed by atoms with E-state index in [-0.39, 0.29) is 22.9 Å². The van der Waals surface area contributed by atoms with E-state index in [9.17, 15) is 9.59 Å². The Morgan fingerprint density at radius 1 is 1.40 bits per heavy atom. The van der Waals surface area contributed by atoms with Crippen LogP contribution in [0.25, 0.3) is 0 Å². The monoisotopic (exact) mass is 278 g/mol. The summed E-state index contributed by atoms with van der Waals surface area (Å²) in [5, 5.41) is 20.0. The molecule has 0 aromatic carbocycles. The van der Waals surface area contributed by atoms with Gasteiger partial charge in [0.25, 0.3) is 0 Å². The molecule has 1 rings (SSSR count). The number of carbonyl (C=O) groups is 2. The molecule has 0 radical (unpaired) electrons. The van der Waals surface area contributed by atoms with Crippen LogP contribution < -0.4 is 5.32 Å². The van der Waals surface area contributed by atoms with Gasteiger partial charge in [-0.3, -0.25) is 4.79 Å². The highest BCUT2D eigenvalue weighted by atomic mass is 16.4. The second-order valence-electron chi connectivity index (χ2n) is 5.91. The van der Waals surface area contributed by atoms with Crippen LogP contribution in [0.5, 0.6) is 0 Å². The highest BCUT2D eigenvalue weighted by Crippen LogP contribution is 2.51. The summed E-state index contributed by atoms with van der Waals surface area (Å²) in [5.41, 5.74) is -0.0386. The van der Waals surface area contributed by atoms with Gasteiger partial charge in [0.1, 0.15) is 5.70 Å². The van der Waals surface area contributed by atoms with Crippen LogP contribution in [0, 0.1) is 22.7 Å². The van der Waals surface area contributed by atoms with Gasteiger partial charge in [0.15, 0.2) is 0 Å². The van der Waals surface area contributed by atoms with Gasteiger partial charge in [-0.25, -0.2) is 4.79 Å². The van der Waals surface area contributed by atoms with Crippen molar-refractivity contribution in [1.82, 2.24) is 5.32 Å². The van der Waals surface area contributed by atoms with Crippen LogP contribution >= 0.6 is 0 Å². The van der Waals surface area contributed by atoms with Crippen LogP contribution in [0.3, 0.4) is 0 Å². The van der Waals surface area contributed by atoms with Crippen LogP contribution in [-0.2, 0) is 9.59 Å². The minimum absolute atomic E-state index is 0.00894. The van der Waals surface area contributed by atoms with E-state index in [0.29, 0.717) is 12.8 Å². The average molecular weight is 278 g/mol. The Labute approximate surface area is 119 Å². The zero-order valence-electron chi connectivity index (χ0n) is 12.1. The minimum atomic E-state index is -1.10. The number of rotatable bonds is 8. The number of nitrogens with zero attached hydrogens (tertiary/aromatic N) is 1. The number of amides is 1. The zero-order valence-corrected chi connectivity index (χ0v) is 12.1. The Balaban J connectivity index is 2.39. The van der Waals surface area contributed by atoms with Gasteiger partial charge in [0, 0.05) is 12.3 Å². The lowest BCUT2D eigenvalue weighted by molar-refractivity contribution is -0.135. The third kappa shape index (κ3) is 5.04. The van der Waals surface area contributed by atoms with Gasteiger partial charge in [-0.15, -0.1) is 0 Å². The third-order valence-electron chi connectivity index (χ3n) is 3.66. The lowest BCUT2D eigenvalue weighted by Gasteiger charge is -2.07. The summed E-state index contributed by atoms with van der Waals surface area (Å²) in [6.45, 7) is 3.99. The number of carbonyl (C=O) groups excluding carboxylic acids is 1. The molecule has 1 atom stereocenters. The van der Waals surface area contributed by atoms with E-state index in [0.717, 1.165) is 25.7 Å². The van der Waals surface area contributed by atoms with Crippen molar-refractivity contribution in [2.24, 2.45) is 11.3 Å². The molecule has 0 spiro atoms. The number of carboxylic acid groups (broad SMARTS) is 1. The lowest BCUT2D eigenvalue weighted by atomic mass is 10.1. The smallest absolute Gasteiger partial charge is 0.352 e. The van der Waals surface area contributed by atoms with E-state index in [2.05, 4.69) is 11.4 Å². The van der Waals surface area contributed by atoms with Crippen LogP contribution in [0.1, 0.15) is 52.4 Å². The van der Waals surface area contributed by atoms with E-state index in [1.165, 1.54) is 0 Å². The van der Waals surface area contributed by atoms with Gasteiger partial charge in [-0.2, -0.15) is 5.26 Å². The quantitative estimate of drug-likeness (QED) is 0.527. The Kier molecular flexibility index (Phi) is 5.75. The molecular formula is C15H22N2O3. The summed E-state index contributed by atoms with van der Waals surface area (Å²) in [6.07, 6.45) is 6.03. The van der Waals surface area contributed by atoms with Crippen molar-refractivity contribution in [3.63, 3.8) is 0 Å². The molecular weight excluding hydrogens is 256 g/mol. The Morgan fingerprint density at radius 3 is 2.55 bits per heavy atom. The first-order valence-electron chi connectivity index (χ1n) is 7.00. The SMILES string of the molecule is CC1(C)CC1C(=O)N/C(=C/CCCCCC#N)C(=O)O. The third-order valence-corrected chi connectivity index (χ3v) is 3.66. The van der Waals surface area contributed by atoms with Crippen molar-refractivity contribution in [2.45, 2.75) is 52.4 Å². The summed E-state index contributed by atoms with van der Waals surface area (Å²) in [5.74, 6) is -1.39. The normalized spacial score (nSPS) is 20.1. The molecule has 2 N–H and O–H groups in total. The summed E-state index contributed by atoms with van der Waals surface area (Å²) in [4.78, 5) is 22.9. The highest BCUT2D eigenvalue weighted by molar-refractivity contribution is 5.94. The molecule has 1 fully saturated rings. The van der Waals surface area contributed by atoms with E-state index >= 15 is 0 Å². The maximum Gasteiger partial charge on any atom is 0.352 e. The van der Waals surface area contributed by atoms with Crippen LogP contribution in [0.15, 0.2) is 11.8 Å². The van der Waals surface area contributed by atoms with Crippen LogP contribution in [0.4, 0.5) is 0 Å². The van der Waals surface area contributed by atoms with Gasteiger partial charge >= 0.3 is 5.97 Å². The minimum Gasteiger partial charge on any atom is -0.477 e. The number of unbranched alkanes of at least 4 members (excludes halogenated alkanes) is 4. The number of hydrogen-bond donors (Lipinski definition) is 2. The maximum atomic E-state index is 11.9. The fourth-order valence-corrected chi connectivity index (χ4v) is 2.10. The molecule has 1 aliphatic carbocycles. The Hall–Kier alpha value is -1.83. The van der Waals surface area contributed by atoms with Crippen molar-refractivity contribution in [2.75, 3.05) is 0 Å². The van der Waals surface area contributed by atoms with Crippen LogP contribution in [-0.4, -0.2) is 17.0 Å². The second kappa shape index (κ2) is 7.09. The number of carboxylic acids is 1. The molecule has 0 saturated heterocycles. The molecule has 110 valence electrons. The molecule has 0 aromatic heterocycles. The van der Waals surface area contributed by atoms with E-state index in [1.54, 1.807) is 6.08 Å². The summed E-state index contributed by atoms with van der Waals surface area (Å²) in [6, 6.07) is 2.07. The molecule has 20 heavy (non-hydrogen) atoms. The van der Waals surface area contributed by atoms with Crippen molar-refractivity contribution in [3.05, 3.63) is 11.8 Å². The lowest BCUT2D eigenvalue weighted by Crippen LogP contribution is -2.29. The molecule has 1 saturated carbocycles. The molecule has 1 unspecified atom stereocenters. The first-order valence-corrected chi connectivity index (χ1v) is 7.00. The van der Waals surface area contributed by atoms with Crippen molar-refractivity contribution >= 4 is 11.9 Å². The predicted molar refractivity (Wildman–Crippen MR) is 74.4 cm³/mol. The molecule has 0 heterocycles. The number of hydrogen-bond acceptors (Lipinski definition) is 3. The highest BCUT2D eigenvalue weighted by Gasteiger charge is 2.50. The van der Waals surface area contributed by atoms with Crippen LogP contribution in [0.2, 0.25) is 0 Å². The predicted octanol–water partition coefficient (Wildman–Crippen LogP) is 2.59. The van der Waals surface area contributed by atoms with Gasteiger partial charge in [0.05, 0.1) is 6.07 Å². The van der Waals surface area contributed by atoms with Gasteiger partial charge in [-0.1, -0.05) is 26.3 Å². The number of nitrogens with one attached hydrogen (secondary N) is 1. The molecule has 0 aliphatic heterocycles. The second-order valence-corrected chi connectivity index (χ2v) is 5.91. The van der Waals surface area contributed by atoms with Crippen molar-refractivity contribution < 1.29 is 14.7 Å². The summed E-state index contributed by atoms with van der Waals surface area (Å²) >= 11 is 0. The molecule has 5 heteroatoms. The van der Waals surface area contributed by atoms with E-state index in [4.69, 9.17) is 10.4 Å². The average Bonchev–Trinajstić information content (AvgIpc) is 3.01. The van der Waals surface area contributed by atoms with Gasteiger partial charge in [-0.05, 0) is 31.1 Å². The summed E-state index contributed by atoms with van der Waals surface area (Å²) < 4.78 is 0. The first-order chi connectivity index (χ1) is 9.38. The number of nitriles is 1. The zero-order chi connectivity index (χ0) is 15.2. The molecule has 1 amide bonds. The molecule has 0 aromatic rings. The van der Waals surface area contributed by atoms with Gasteiger partial charge in [0.2, 0.25) is 5.91 Å². The standard InChI is InChI=1S/C15H22N2O3/c1-15(2)10-11(15)13(18)17-12(14(19)20)8-6-4-3-5-7-9-16/h8,11H,3-7,10H2,1-2H3,(H,17,18)(H,19,20)/b12-8+. The molecule has 5 nitrogen and oxygen atoms in total. The maximum absolute atomic E-state index is 11.9. The first kappa shape index (κ1) is 16.2. The summed E-state index contributed by atoms with van der Waals surface area (Å²) in [7, 11) is 0. The van der Waals surface area contributed by atoms with E-state index < -0.39 is 5.97 Å². The fraction of sp³-hybridized carbons (Fsp3) is 0.667. The van der Waals surface area contributed by atoms with E-state index in [1.807, 2.05) is 13.8 Å². The van der Waals surface area contributed by atoms with Gasteiger partial charge < -0.3 is 10.4 Å². The Morgan fingerprint density at radius 2 is 2.05 bits per heavy atom. The molecule has 1 aliphatic rings. The molecule has 0 bridgehead atoms. The van der Waals surface area contributed by atoms with Crippen molar-refractivity contribution in [1.29, 1.82) is 5.26 Å². The Bertz CT molecular complexity index is 447. The topological polar surface area (TPSA) is 90.2 Å². The number of allylic oxidation sites excluding steroid dienone is 1. The largest absolute Gasteiger partial charge is 0.477 e.